The summed E-state index contributed by atoms with van der Waals surface area (Å²) in [5.41, 5.74) is 0.394. The molecule has 1 amide bonds. The molecular weight excluding hydrogens is 322 g/mol. The van der Waals surface area contributed by atoms with Gasteiger partial charge in [0.05, 0.1) is 0 Å². The fourth-order valence-corrected chi connectivity index (χ4v) is 2.44. The number of carbonyl (C=O) groups is 1. The van der Waals surface area contributed by atoms with Gasteiger partial charge in [-0.2, -0.15) is 0 Å². The summed E-state index contributed by atoms with van der Waals surface area (Å²) in [5.74, 6) is -0.510. The molecule has 2 rings (SSSR count). The maximum Gasteiger partial charge on any atom is 0.254 e. The molecule has 1 heterocycles. The molecule has 0 aromatic heterocycles. The molecule has 1 aromatic rings. The second-order valence-electron chi connectivity index (χ2n) is 4.26. The number of nitrogens with zero attached hydrogens (tertiary/aromatic N) is 1. The number of carbonyl (C=O) groups excluding carboxylic acids is 1. The Morgan fingerprint density at radius 1 is 1.50 bits per heavy atom. The Morgan fingerprint density at radius 3 is 2.83 bits per heavy atom. The molecule has 0 radical (unpaired) electrons. The van der Waals surface area contributed by atoms with Crippen molar-refractivity contribution < 1.29 is 9.18 Å². The Hall–Kier alpha value is -0.650. The van der Waals surface area contributed by atoms with Crippen LogP contribution in [-0.4, -0.2) is 36.5 Å². The first-order valence-electron chi connectivity index (χ1n) is 5.55. The zero-order valence-corrected chi connectivity index (χ0v) is 12.4. The van der Waals surface area contributed by atoms with Crippen molar-refractivity contribution in [1.29, 1.82) is 0 Å². The monoisotopic (exact) mass is 336 g/mol. The van der Waals surface area contributed by atoms with Crippen LogP contribution in [0.25, 0.3) is 0 Å². The van der Waals surface area contributed by atoms with Gasteiger partial charge in [-0.3, -0.25) is 4.79 Å². The van der Waals surface area contributed by atoms with Crippen LogP contribution in [-0.2, 0) is 0 Å². The number of rotatable bonds is 1. The first-order valence-corrected chi connectivity index (χ1v) is 6.34. The molecule has 1 N–H and O–H groups in total. The third-order valence-electron chi connectivity index (χ3n) is 2.77. The summed E-state index contributed by atoms with van der Waals surface area (Å²) in [4.78, 5) is 13.9. The fourth-order valence-electron chi connectivity index (χ4n) is 1.98. The lowest BCUT2D eigenvalue weighted by atomic mass is 10.1. The van der Waals surface area contributed by atoms with Gasteiger partial charge >= 0.3 is 0 Å². The number of piperazine rings is 1. The van der Waals surface area contributed by atoms with Gasteiger partial charge < -0.3 is 10.2 Å². The number of halogens is 3. The Bertz CT molecular complexity index is 424. The Balaban J connectivity index is 0.00000162. The predicted molar refractivity (Wildman–Crippen MR) is 74.7 cm³/mol. The van der Waals surface area contributed by atoms with Crippen LogP contribution in [0.15, 0.2) is 22.7 Å². The van der Waals surface area contributed by atoms with E-state index in [0.717, 1.165) is 6.54 Å². The molecule has 18 heavy (non-hydrogen) atoms. The van der Waals surface area contributed by atoms with Crippen LogP contribution in [0.3, 0.4) is 0 Å². The number of amides is 1. The van der Waals surface area contributed by atoms with Crippen LogP contribution >= 0.6 is 28.3 Å². The minimum absolute atomic E-state index is 0. The van der Waals surface area contributed by atoms with E-state index in [0.29, 0.717) is 23.1 Å². The second kappa shape index (κ2) is 6.50. The summed E-state index contributed by atoms with van der Waals surface area (Å²) in [7, 11) is 0. The van der Waals surface area contributed by atoms with Crippen LogP contribution in [0.2, 0.25) is 0 Å². The van der Waals surface area contributed by atoms with E-state index in [-0.39, 0.29) is 24.4 Å². The first kappa shape index (κ1) is 15.4. The van der Waals surface area contributed by atoms with Crippen molar-refractivity contribution in [2.75, 3.05) is 19.6 Å². The van der Waals surface area contributed by atoms with Gasteiger partial charge in [-0.15, -0.1) is 12.4 Å². The second-order valence-corrected chi connectivity index (χ2v) is 5.18. The molecule has 1 fully saturated rings. The smallest absolute Gasteiger partial charge is 0.254 e. The highest BCUT2D eigenvalue weighted by atomic mass is 79.9. The third kappa shape index (κ3) is 3.67. The fraction of sp³-hybridized carbons (Fsp3) is 0.417. The summed E-state index contributed by atoms with van der Waals surface area (Å²) in [6, 6.07) is 4.56. The summed E-state index contributed by atoms with van der Waals surface area (Å²) in [6.07, 6.45) is 0. The average Bonchev–Trinajstić information content (AvgIpc) is 2.26. The lowest BCUT2D eigenvalue weighted by Crippen LogP contribution is -2.51. The molecule has 0 unspecified atom stereocenters. The van der Waals surface area contributed by atoms with Crippen molar-refractivity contribution in [3.05, 3.63) is 34.1 Å². The summed E-state index contributed by atoms with van der Waals surface area (Å²) in [6.45, 7) is 4.13. The summed E-state index contributed by atoms with van der Waals surface area (Å²) >= 11 is 3.19. The normalized spacial score (nSPS) is 19.3. The van der Waals surface area contributed by atoms with E-state index in [4.69, 9.17) is 0 Å². The Morgan fingerprint density at radius 2 is 2.22 bits per heavy atom. The zero-order valence-electron chi connectivity index (χ0n) is 9.95. The van der Waals surface area contributed by atoms with E-state index in [9.17, 15) is 9.18 Å². The molecule has 1 aliphatic heterocycles. The number of hydrogen-bond acceptors (Lipinski definition) is 2. The van der Waals surface area contributed by atoms with E-state index in [1.807, 2.05) is 6.92 Å². The van der Waals surface area contributed by atoms with E-state index < -0.39 is 5.82 Å². The van der Waals surface area contributed by atoms with Crippen LogP contribution < -0.4 is 5.32 Å². The third-order valence-corrected chi connectivity index (χ3v) is 3.22. The van der Waals surface area contributed by atoms with Gasteiger partial charge in [0.15, 0.2) is 0 Å². The van der Waals surface area contributed by atoms with Gasteiger partial charge in [-0.25, -0.2) is 4.39 Å². The Kier molecular flexibility index (Phi) is 5.56. The van der Waals surface area contributed by atoms with Crippen LogP contribution in [0.1, 0.15) is 17.3 Å². The Labute approximate surface area is 120 Å². The van der Waals surface area contributed by atoms with E-state index in [1.54, 1.807) is 11.0 Å². The molecule has 1 saturated heterocycles. The van der Waals surface area contributed by atoms with Crippen LogP contribution in [0, 0.1) is 5.82 Å². The average molecular weight is 338 g/mol. The topological polar surface area (TPSA) is 32.3 Å². The van der Waals surface area contributed by atoms with Crippen molar-refractivity contribution in [3.63, 3.8) is 0 Å². The molecule has 6 heteroatoms. The van der Waals surface area contributed by atoms with Gasteiger partial charge in [0.2, 0.25) is 0 Å². The number of hydrogen-bond donors (Lipinski definition) is 1. The molecule has 3 nitrogen and oxygen atoms in total. The minimum atomic E-state index is -0.397. The molecule has 0 spiro atoms. The van der Waals surface area contributed by atoms with Crippen LogP contribution in [0.5, 0.6) is 0 Å². The van der Waals surface area contributed by atoms with Gasteiger partial charge in [-0.1, -0.05) is 15.9 Å². The van der Waals surface area contributed by atoms with Gasteiger partial charge in [-0.05, 0) is 25.1 Å². The van der Waals surface area contributed by atoms with E-state index in [2.05, 4.69) is 21.2 Å². The van der Waals surface area contributed by atoms with Gasteiger partial charge in [0, 0.05) is 35.7 Å². The van der Waals surface area contributed by atoms with Crippen molar-refractivity contribution in [3.8, 4) is 0 Å². The quantitative estimate of drug-likeness (QED) is 0.854. The van der Waals surface area contributed by atoms with Crippen molar-refractivity contribution in [2.24, 2.45) is 0 Å². The standard InChI is InChI=1S/C12H14BrFN2O.ClH/c1-8-7-16(3-2-15-8)12(17)9-4-10(13)6-11(14)5-9;/h4-6,8,15H,2-3,7H2,1H3;1H/t8-;/m1./s1. The van der Waals surface area contributed by atoms with Crippen molar-refractivity contribution in [1.82, 2.24) is 10.2 Å². The minimum Gasteiger partial charge on any atom is -0.336 e. The molecule has 100 valence electrons. The highest BCUT2D eigenvalue weighted by molar-refractivity contribution is 9.10. The maximum absolute atomic E-state index is 13.2. The molecule has 1 aromatic carbocycles. The number of nitrogens with one attached hydrogen (secondary N) is 1. The van der Waals surface area contributed by atoms with E-state index in [1.165, 1.54) is 12.1 Å². The lowest BCUT2D eigenvalue weighted by Gasteiger charge is -2.32. The molecule has 0 aliphatic carbocycles. The van der Waals surface area contributed by atoms with Gasteiger partial charge in [0.25, 0.3) is 5.91 Å². The van der Waals surface area contributed by atoms with Crippen molar-refractivity contribution in [2.45, 2.75) is 13.0 Å². The SMILES string of the molecule is C[C@@H]1CN(C(=O)c2cc(F)cc(Br)c2)CCN1.Cl. The molecule has 0 saturated carbocycles. The highest BCUT2D eigenvalue weighted by Crippen LogP contribution is 2.17. The molecule has 0 bridgehead atoms. The largest absolute Gasteiger partial charge is 0.336 e. The van der Waals surface area contributed by atoms with Crippen molar-refractivity contribution >= 4 is 34.2 Å². The number of benzene rings is 1. The van der Waals surface area contributed by atoms with Crippen LogP contribution in [0.4, 0.5) is 4.39 Å². The summed E-state index contributed by atoms with van der Waals surface area (Å²) < 4.78 is 13.8. The first-order chi connectivity index (χ1) is 8.06. The van der Waals surface area contributed by atoms with Gasteiger partial charge in [0.1, 0.15) is 5.82 Å². The maximum atomic E-state index is 13.2. The molecule has 1 aliphatic rings. The lowest BCUT2D eigenvalue weighted by molar-refractivity contribution is 0.0708. The zero-order chi connectivity index (χ0) is 12.4. The summed E-state index contributed by atoms with van der Waals surface area (Å²) in [5, 5.41) is 3.26. The highest BCUT2D eigenvalue weighted by Gasteiger charge is 2.22. The molecule has 1 atom stereocenters. The molecular formula is C12H15BrClFN2O. The predicted octanol–water partition coefficient (Wildman–Crippen LogP) is 2.44. The van der Waals surface area contributed by atoms with E-state index >= 15 is 0 Å².